The second-order valence-corrected chi connectivity index (χ2v) is 17.0. The molecule has 0 saturated carbocycles. The number of ether oxygens (including phenoxy) is 4. The topological polar surface area (TPSA) is 175 Å². The SMILES string of the molecule is COc1ccc(C(OCCCCC(=O)NCC(CNC(=O)CCCCOC(=O)CCC(C)=O)OP(OCCC#N)N(C(C)C)C(C)C)(c2ccccc2)c2ccc(OC)cc2)cc1. The van der Waals surface area contributed by atoms with Crippen LogP contribution in [0, 0.1) is 11.3 Å². The Labute approximate surface area is 375 Å². The summed E-state index contributed by atoms with van der Waals surface area (Å²) in [5.41, 5.74) is 1.82. The van der Waals surface area contributed by atoms with E-state index < -0.39 is 26.2 Å². The van der Waals surface area contributed by atoms with Gasteiger partial charge in [-0.3, -0.25) is 14.4 Å². The minimum atomic E-state index is -1.66. The molecule has 0 spiro atoms. The molecular formula is C48H67N4O10P. The molecule has 2 amide bonds. The molecule has 0 fully saturated rings. The van der Waals surface area contributed by atoms with Gasteiger partial charge in [-0.05, 0) is 101 Å². The molecule has 2 N–H and O–H groups in total. The fraction of sp³-hybridized carbons (Fsp3) is 0.521. The zero-order chi connectivity index (χ0) is 46.0. The van der Waals surface area contributed by atoms with Crippen LogP contribution in [0.5, 0.6) is 11.5 Å². The van der Waals surface area contributed by atoms with Crippen molar-refractivity contribution in [3.63, 3.8) is 0 Å². The maximum absolute atomic E-state index is 13.4. The first-order chi connectivity index (χ1) is 30.3. The number of rotatable bonds is 31. The third-order valence-corrected chi connectivity index (χ3v) is 12.2. The Balaban J connectivity index is 1.67. The molecule has 0 aliphatic carbocycles. The summed E-state index contributed by atoms with van der Waals surface area (Å²) in [7, 11) is 1.61. The van der Waals surface area contributed by atoms with Gasteiger partial charge in [-0.1, -0.05) is 54.6 Å². The molecule has 0 heterocycles. The Morgan fingerprint density at radius 3 is 1.67 bits per heavy atom. The Morgan fingerprint density at radius 1 is 0.683 bits per heavy atom. The van der Waals surface area contributed by atoms with E-state index in [1.807, 2.05) is 107 Å². The highest BCUT2D eigenvalue weighted by Gasteiger charge is 2.38. The number of nitrogens with one attached hydrogen (secondary N) is 2. The molecule has 63 heavy (non-hydrogen) atoms. The summed E-state index contributed by atoms with van der Waals surface area (Å²) in [5.74, 6) is 0.558. The first-order valence-corrected chi connectivity index (χ1v) is 22.9. The summed E-state index contributed by atoms with van der Waals surface area (Å²) in [6, 6.07) is 27.9. The summed E-state index contributed by atoms with van der Waals surface area (Å²) in [5, 5.41) is 15.1. The normalized spacial score (nSPS) is 12.4. The minimum Gasteiger partial charge on any atom is -0.497 e. The van der Waals surface area contributed by atoms with Gasteiger partial charge in [0.2, 0.25) is 11.8 Å². The van der Waals surface area contributed by atoms with Crippen molar-refractivity contribution in [3.05, 3.63) is 95.6 Å². The number of unbranched alkanes of at least 4 members (excludes halogenated alkanes) is 2. The molecule has 0 bridgehead atoms. The van der Waals surface area contributed by atoms with Gasteiger partial charge in [0.25, 0.3) is 8.53 Å². The van der Waals surface area contributed by atoms with Gasteiger partial charge in [0.15, 0.2) is 0 Å². The predicted octanol–water partition coefficient (Wildman–Crippen LogP) is 8.16. The van der Waals surface area contributed by atoms with Crippen molar-refractivity contribution >= 4 is 32.1 Å². The van der Waals surface area contributed by atoms with Crippen LogP contribution in [0.1, 0.15) is 109 Å². The van der Waals surface area contributed by atoms with Crippen LogP contribution in [0.3, 0.4) is 0 Å². The number of amides is 2. The average Bonchev–Trinajstić information content (AvgIpc) is 3.27. The van der Waals surface area contributed by atoms with Crippen molar-refractivity contribution in [3.8, 4) is 17.6 Å². The summed E-state index contributed by atoms with van der Waals surface area (Å²) in [4.78, 5) is 49.2. The van der Waals surface area contributed by atoms with Crippen LogP contribution in [0.2, 0.25) is 0 Å². The lowest BCUT2D eigenvalue weighted by Crippen LogP contribution is -2.43. The van der Waals surface area contributed by atoms with Crippen LogP contribution in [-0.2, 0) is 43.3 Å². The first kappa shape index (κ1) is 52.4. The van der Waals surface area contributed by atoms with Crippen LogP contribution >= 0.6 is 8.53 Å². The largest absolute Gasteiger partial charge is 0.497 e. The van der Waals surface area contributed by atoms with E-state index in [0.29, 0.717) is 32.3 Å². The highest BCUT2D eigenvalue weighted by atomic mass is 31.2. The molecular weight excluding hydrogens is 824 g/mol. The molecule has 0 aliphatic rings. The van der Waals surface area contributed by atoms with E-state index >= 15 is 0 Å². The first-order valence-electron chi connectivity index (χ1n) is 21.8. The summed E-state index contributed by atoms with van der Waals surface area (Å²) < 4.78 is 37.8. The number of ketones is 1. The standard InChI is InChI=1S/C48H67N4O10P/c1-36(2)52(37(3)4)63(61-33-15-30-49)62-44(34-50-45(54)18-11-13-31-59-47(56)29-20-38(5)53)35-51-46(55)19-12-14-32-60-48(39-16-9-8-10-17-39,40-21-25-42(57-6)26-22-40)41-23-27-43(58-7)28-24-41/h8-10,16-17,21-28,36-37,44H,11-15,18-20,29,31-35H2,1-7H3,(H,50,54)(H,51,55). The summed E-state index contributed by atoms with van der Waals surface area (Å²) in [6.45, 7) is 10.5. The number of nitriles is 1. The van der Waals surface area contributed by atoms with Crippen molar-refractivity contribution in [1.29, 1.82) is 5.26 Å². The second kappa shape index (κ2) is 28.7. The summed E-state index contributed by atoms with van der Waals surface area (Å²) in [6.07, 6.45) is 2.30. The van der Waals surface area contributed by atoms with Crippen molar-refractivity contribution in [2.75, 3.05) is 47.1 Å². The van der Waals surface area contributed by atoms with Gasteiger partial charge < -0.3 is 43.4 Å². The molecule has 0 radical (unpaired) electrons. The van der Waals surface area contributed by atoms with E-state index in [2.05, 4.69) is 21.4 Å². The van der Waals surface area contributed by atoms with Gasteiger partial charge in [0, 0.05) is 51.0 Å². The molecule has 14 nitrogen and oxygen atoms in total. The molecule has 0 aliphatic heterocycles. The molecule has 2 unspecified atom stereocenters. The fourth-order valence-electron chi connectivity index (χ4n) is 6.81. The third-order valence-electron chi connectivity index (χ3n) is 9.99. The van der Waals surface area contributed by atoms with E-state index in [1.54, 1.807) is 14.2 Å². The number of methoxy groups -OCH3 is 2. The van der Waals surface area contributed by atoms with Gasteiger partial charge in [0.1, 0.15) is 29.0 Å². The van der Waals surface area contributed by atoms with Crippen LogP contribution in [0.25, 0.3) is 0 Å². The molecule has 15 heteroatoms. The number of hydrogen-bond donors (Lipinski definition) is 2. The molecule has 344 valence electrons. The van der Waals surface area contributed by atoms with Crippen molar-refractivity contribution in [2.24, 2.45) is 0 Å². The second-order valence-electron chi connectivity index (χ2n) is 15.6. The van der Waals surface area contributed by atoms with Crippen LogP contribution in [0.15, 0.2) is 78.9 Å². The van der Waals surface area contributed by atoms with Crippen molar-refractivity contribution in [1.82, 2.24) is 15.3 Å². The Morgan fingerprint density at radius 2 is 1.19 bits per heavy atom. The van der Waals surface area contributed by atoms with Crippen LogP contribution in [0.4, 0.5) is 0 Å². The molecule has 3 rings (SSSR count). The quantitative estimate of drug-likeness (QED) is 0.0275. The van der Waals surface area contributed by atoms with E-state index in [4.69, 9.17) is 28.0 Å². The Bertz CT molecular complexity index is 1800. The predicted molar refractivity (Wildman–Crippen MR) is 243 cm³/mol. The number of benzene rings is 3. The monoisotopic (exact) mass is 890 g/mol. The highest BCUT2D eigenvalue weighted by molar-refractivity contribution is 7.44. The van der Waals surface area contributed by atoms with Crippen LogP contribution < -0.4 is 20.1 Å². The Hall–Kier alpha value is -4.90. The van der Waals surface area contributed by atoms with Gasteiger partial charge >= 0.3 is 5.97 Å². The zero-order valence-corrected chi connectivity index (χ0v) is 39.0. The minimum absolute atomic E-state index is 0.0437. The fourth-order valence-corrected chi connectivity index (χ4v) is 8.52. The molecule has 3 aromatic rings. The number of carbonyl (C=O) groups is 4. The maximum Gasteiger partial charge on any atom is 0.306 e. The van der Waals surface area contributed by atoms with Gasteiger partial charge in [-0.25, -0.2) is 4.67 Å². The lowest BCUT2D eigenvalue weighted by molar-refractivity contribution is -0.144. The van der Waals surface area contributed by atoms with Gasteiger partial charge in [0.05, 0.1) is 46.3 Å². The number of carbonyl (C=O) groups excluding carboxylic acids is 4. The highest BCUT2D eigenvalue weighted by Crippen LogP contribution is 2.47. The number of nitrogens with zero attached hydrogens (tertiary/aromatic N) is 2. The molecule has 0 aromatic heterocycles. The summed E-state index contributed by atoms with van der Waals surface area (Å²) >= 11 is 0. The van der Waals surface area contributed by atoms with Crippen molar-refractivity contribution < 1.29 is 47.2 Å². The van der Waals surface area contributed by atoms with E-state index in [9.17, 15) is 24.4 Å². The van der Waals surface area contributed by atoms with E-state index in [1.165, 1.54) is 6.92 Å². The Kier molecular flexibility index (Phi) is 23.9. The number of hydrogen-bond acceptors (Lipinski definition) is 12. The third kappa shape index (κ3) is 18.0. The zero-order valence-electron chi connectivity index (χ0n) is 38.1. The average molecular weight is 891 g/mol. The van der Waals surface area contributed by atoms with E-state index in [-0.39, 0.29) is 88.1 Å². The van der Waals surface area contributed by atoms with Crippen LogP contribution in [-0.4, -0.2) is 93.6 Å². The lowest BCUT2D eigenvalue weighted by atomic mass is 9.80. The van der Waals surface area contributed by atoms with E-state index in [0.717, 1.165) is 28.2 Å². The van der Waals surface area contributed by atoms with Gasteiger partial charge in [-0.2, -0.15) is 5.26 Å². The van der Waals surface area contributed by atoms with Gasteiger partial charge in [-0.15, -0.1) is 0 Å². The molecule has 0 saturated heterocycles. The molecule has 3 aromatic carbocycles. The number of Topliss-reactive ketones (excluding diaryl/α,β-unsaturated/α-hetero) is 1. The molecule has 2 atom stereocenters. The lowest BCUT2D eigenvalue weighted by Gasteiger charge is -2.37. The smallest absolute Gasteiger partial charge is 0.306 e. The van der Waals surface area contributed by atoms with Crippen molar-refractivity contribution in [2.45, 2.75) is 116 Å². The maximum atomic E-state index is 13.4. The number of esters is 1.